The molecule has 0 radical (unpaired) electrons. The van der Waals surface area contributed by atoms with Crippen LogP contribution in [0.4, 0.5) is 4.79 Å². The van der Waals surface area contributed by atoms with Crippen LogP contribution >= 0.6 is 0 Å². The molecule has 1 heterocycles. The molecule has 2 rings (SSSR count). The van der Waals surface area contributed by atoms with E-state index in [4.69, 9.17) is 10.5 Å². The van der Waals surface area contributed by atoms with Crippen molar-refractivity contribution in [1.29, 1.82) is 0 Å². The molecule has 2 amide bonds. The van der Waals surface area contributed by atoms with Gasteiger partial charge >= 0.3 is 6.03 Å². The lowest BCUT2D eigenvalue weighted by Crippen LogP contribution is -2.37. The van der Waals surface area contributed by atoms with E-state index in [0.29, 0.717) is 13.1 Å². The Bertz CT molecular complexity index is 474. The summed E-state index contributed by atoms with van der Waals surface area (Å²) in [6.07, 6.45) is 0. The van der Waals surface area contributed by atoms with Gasteiger partial charge in [0.2, 0.25) is 0 Å². The van der Waals surface area contributed by atoms with E-state index in [-0.39, 0.29) is 18.1 Å². The van der Waals surface area contributed by atoms with E-state index in [2.05, 4.69) is 11.4 Å². The molecule has 1 aliphatic rings. The number of nitrogens with zero attached hydrogens (tertiary/aromatic N) is 1. The van der Waals surface area contributed by atoms with E-state index in [9.17, 15) is 4.79 Å². The number of benzene rings is 1. The molecular formula is C14H21N3O2. The highest BCUT2D eigenvalue weighted by atomic mass is 16.5. The Balaban J connectivity index is 2.11. The first-order chi connectivity index (χ1) is 9.01. The highest BCUT2D eigenvalue weighted by molar-refractivity contribution is 5.77. The molecule has 0 bridgehead atoms. The van der Waals surface area contributed by atoms with Gasteiger partial charge in [-0.1, -0.05) is 12.1 Å². The predicted molar refractivity (Wildman–Crippen MR) is 74.2 cm³/mol. The fourth-order valence-electron chi connectivity index (χ4n) is 2.40. The lowest BCUT2D eigenvalue weighted by atomic mass is 10.0. The number of carbonyl (C=O) groups is 1. The fourth-order valence-corrected chi connectivity index (χ4v) is 2.40. The molecule has 1 fully saturated rings. The van der Waals surface area contributed by atoms with Crippen molar-refractivity contribution in [2.24, 2.45) is 5.73 Å². The maximum absolute atomic E-state index is 11.8. The van der Waals surface area contributed by atoms with Crippen LogP contribution in [0.15, 0.2) is 18.2 Å². The monoisotopic (exact) mass is 263 g/mol. The van der Waals surface area contributed by atoms with Crippen molar-refractivity contribution in [3.8, 4) is 5.75 Å². The molecule has 1 saturated heterocycles. The number of hydrogen-bond acceptors (Lipinski definition) is 3. The molecule has 1 aliphatic heterocycles. The van der Waals surface area contributed by atoms with Gasteiger partial charge in [0.05, 0.1) is 13.2 Å². The van der Waals surface area contributed by atoms with E-state index >= 15 is 0 Å². The zero-order valence-electron chi connectivity index (χ0n) is 11.6. The number of methoxy groups -OCH3 is 1. The van der Waals surface area contributed by atoms with Gasteiger partial charge in [0.25, 0.3) is 0 Å². The molecule has 0 saturated carbocycles. The Labute approximate surface area is 113 Å². The molecular weight excluding hydrogens is 242 g/mol. The molecule has 0 aliphatic carbocycles. The smallest absolute Gasteiger partial charge is 0.318 e. The van der Waals surface area contributed by atoms with Gasteiger partial charge in [-0.25, -0.2) is 4.79 Å². The fraction of sp³-hybridized carbons (Fsp3) is 0.500. The van der Waals surface area contributed by atoms with Gasteiger partial charge in [-0.15, -0.1) is 0 Å². The second-order valence-electron chi connectivity index (χ2n) is 5.11. The van der Waals surface area contributed by atoms with Gasteiger partial charge < -0.3 is 20.7 Å². The van der Waals surface area contributed by atoms with Gasteiger partial charge in [0, 0.05) is 19.1 Å². The maximum Gasteiger partial charge on any atom is 0.318 e. The number of hydrogen-bond donors (Lipinski definition) is 2. The van der Waals surface area contributed by atoms with Crippen LogP contribution in [0, 0.1) is 6.92 Å². The number of ether oxygens (including phenoxy) is 1. The van der Waals surface area contributed by atoms with Gasteiger partial charge in [-0.3, -0.25) is 0 Å². The third kappa shape index (κ3) is 2.98. The maximum atomic E-state index is 11.8. The number of amides is 2. The highest BCUT2D eigenvalue weighted by Crippen LogP contribution is 2.25. The number of rotatable bonds is 4. The van der Waals surface area contributed by atoms with Crippen molar-refractivity contribution in [2.45, 2.75) is 25.9 Å². The number of nitrogens with two attached hydrogens (primary N) is 1. The summed E-state index contributed by atoms with van der Waals surface area (Å²) in [5.74, 6) is 0.862. The average Bonchev–Trinajstić information content (AvgIpc) is 2.70. The second kappa shape index (κ2) is 5.48. The minimum Gasteiger partial charge on any atom is -0.496 e. The summed E-state index contributed by atoms with van der Waals surface area (Å²) in [6.45, 7) is 5.14. The first kappa shape index (κ1) is 13.7. The topological polar surface area (TPSA) is 67.6 Å². The van der Waals surface area contributed by atoms with Crippen LogP contribution in [-0.4, -0.2) is 37.2 Å². The molecule has 19 heavy (non-hydrogen) atoms. The summed E-state index contributed by atoms with van der Waals surface area (Å²) in [4.78, 5) is 13.6. The van der Waals surface area contributed by atoms with Gasteiger partial charge in [-0.05, 0) is 31.0 Å². The van der Waals surface area contributed by atoms with E-state index < -0.39 is 0 Å². The van der Waals surface area contributed by atoms with E-state index in [1.807, 2.05) is 26.0 Å². The summed E-state index contributed by atoms with van der Waals surface area (Å²) in [5, 5.41) is 2.98. The molecule has 1 aromatic rings. The normalized spacial score (nSPS) is 20.3. The van der Waals surface area contributed by atoms with Crippen molar-refractivity contribution in [3.63, 3.8) is 0 Å². The number of aryl methyl sites for hydroxylation is 1. The van der Waals surface area contributed by atoms with Crippen LogP contribution in [0.1, 0.15) is 24.1 Å². The molecule has 5 heteroatoms. The summed E-state index contributed by atoms with van der Waals surface area (Å²) in [6, 6.07) is 5.95. The van der Waals surface area contributed by atoms with Crippen LogP contribution in [-0.2, 0) is 0 Å². The zero-order valence-corrected chi connectivity index (χ0v) is 11.6. The van der Waals surface area contributed by atoms with Crippen LogP contribution in [0.2, 0.25) is 0 Å². The van der Waals surface area contributed by atoms with E-state index in [1.165, 1.54) is 0 Å². The first-order valence-electron chi connectivity index (χ1n) is 6.47. The Morgan fingerprint density at radius 2 is 2.32 bits per heavy atom. The molecule has 0 spiro atoms. The third-order valence-corrected chi connectivity index (χ3v) is 3.32. The van der Waals surface area contributed by atoms with Gasteiger partial charge in [0.15, 0.2) is 0 Å². The van der Waals surface area contributed by atoms with E-state index in [0.717, 1.165) is 16.9 Å². The predicted octanol–water partition coefficient (Wildman–Crippen LogP) is 1.42. The Morgan fingerprint density at radius 3 is 2.89 bits per heavy atom. The lowest BCUT2D eigenvalue weighted by molar-refractivity contribution is 0.215. The minimum absolute atomic E-state index is 0.0119. The quantitative estimate of drug-likeness (QED) is 0.863. The van der Waals surface area contributed by atoms with Crippen molar-refractivity contribution in [2.75, 3.05) is 20.2 Å². The van der Waals surface area contributed by atoms with Crippen LogP contribution in [0.3, 0.4) is 0 Å². The number of urea groups is 1. The largest absolute Gasteiger partial charge is 0.496 e. The molecule has 5 nitrogen and oxygen atoms in total. The zero-order chi connectivity index (χ0) is 14.0. The molecule has 104 valence electrons. The summed E-state index contributed by atoms with van der Waals surface area (Å²) in [5.41, 5.74) is 7.91. The summed E-state index contributed by atoms with van der Waals surface area (Å²) in [7, 11) is 1.66. The standard InChI is InChI=1S/C14H21N3O2/c1-9-6-11(4-5-13(9)19-3)12-8-17(7-10(2)15)14(18)16-12/h4-6,10,12H,7-8,15H2,1-3H3,(H,16,18). The van der Waals surface area contributed by atoms with E-state index in [1.54, 1.807) is 12.0 Å². The molecule has 0 aromatic heterocycles. The van der Waals surface area contributed by atoms with Crippen LogP contribution < -0.4 is 15.8 Å². The van der Waals surface area contributed by atoms with Crippen molar-refractivity contribution in [1.82, 2.24) is 10.2 Å². The Kier molecular flexibility index (Phi) is 3.95. The molecule has 2 unspecified atom stereocenters. The summed E-state index contributed by atoms with van der Waals surface area (Å²) >= 11 is 0. The Morgan fingerprint density at radius 1 is 1.58 bits per heavy atom. The SMILES string of the molecule is COc1ccc(C2CN(CC(C)N)C(=O)N2)cc1C. The van der Waals surface area contributed by atoms with Crippen molar-refractivity contribution < 1.29 is 9.53 Å². The lowest BCUT2D eigenvalue weighted by Gasteiger charge is -2.17. The van der Waals surface area contributed by atoms with Crippen LogP contribution in [0.25, 0.3) is 0 Å². The molecule has 2 atom stereocenters. The van der Waals surface area contributed by atoms with Gasteiger partial charge in [-0.2, -0.15) is 0 Å². The average molecular weight is 263 g/mol. The molecule has 3 N–H and O–H groups in total. The highest BCUT2D eigenvalue weighted by Gasteiger charge is 2.30. The van der Waals surface area contributed by atoms with Gasteiger partial charge in [0.1, 0.15) is 5.75 Å². The number of carbonyl (C=O) groups excluding carboxylic acids is 1. The first-order valence-corrected chi connectivity index (χ1v) is 6.47. The van der Waals surface area contributed by atoms with Crippen molar-refractivity contribution in [3.05, 3.63) is 29.3 Å². The minimum atomic E-state index is -0.0456. The Hall–Kier alpha value is -1.75. The second-order valence-corrected chi connectivity index (χ2v) is 5.11. The van der Waals surface area contributed by atoms with Crippen molar-refractivity contribution >= 4 is 6.03 Å². The molecule has 1 aromatic carbocycles. The summed E-state index contributed by atoms with van der Waals surface area (Å²) < 4.78 is 5.24. The number of nitrogens with one attached hydrogen (secondary N) is 1. The van der Waals surface area contributed by atoms with Crippen LogP contribution in [0.5, 0.6) is 5.75 Å². The third-order valence-electron chi connectivity index (χ3n) is 3.32.